The molecule has 2 atom stereocenters. The number of methoxy groups -OCH3 is 1. The molecule has 3 nitrogen and oxygen atoms in total. The Bertz CT molecular complexity index is 453. The summed E-state index contributed by atoms with van der Waals surface area (Å²) < 4.78 is 11.4. The van der Waals surface area contributed by atoms with Crippen LogP contribution in [0.3, 0.4) is 0 Å². The Balaban J connectivity index is 2.16. The second-order valence-electron chi connectivity index (χ2n) is 6.02. The predicted molar refractivity (Wildman–Crippen MR) is 87.1 cm³/mol. The van der Waals surface area contributed by atoms with Gasteiger partial charge in [-0.2, -0.15) is 0 Å². The van der Waals surface area contributed by atoms with Crippen LogP contribution >= 0.6 is 0 Å². The van der Waals surface area contributed by atoms with Crippen molar-refractivity contribution in [3.63, 3.8) is 0 Å². The highest BCUT2D eigenvalue weighted by atomic mass is 16.5. The summed E-state index contributed by atoms with van der Waals surface area (Å²) in [6.45, 7) is 8.36. The van der Waals surface area contributed by atoms with Gasteiger partial charge in [-0.3, -0.25) is 0 Å². The molecule has 0 saturated carbocycles. The third-order valence-electron chi connectivity index (χ3n) is 4.31. The lowest BCUT2D eigenvalue weighted by molar-refractivity contribution is 0.0995. The van der Waals surface area contributed by atoms with Crippen molar-refractivity contribution in [2.24, 2.45) is 0 Å². The van der Waals surface area contributed by atoms with Crippen molar-refractivity contribution in [3.05, 3.63) is 28.8 Å². The zero-order valence-corrected chi connectivity index (χ0v) is 13.9. The van der Waals surface area contributed by atoms with E-state index < -0.39 is 0 Å². The van der Waals surface area contributed by atoms with Crippen molar-refractivity contribution >= 4 is 0 Å². The van der Waals surface area contributed by atoms with Crippen LogP contribution in [0.15, 0.2) is 12.1 Å². The van der Waals surface area contributed by atoms with E-state index in [1.165, 1.54) is 29.5 Å². The van der Waals surface area contributed by atoms with E-state index in [-0.39, 0.29) is 0 Å². The molecule has 0 spiro atoms. The van der Waals surface area contributed by atoms with E-state index >= 15 is 0 Å². The number of hydrogen-bond acceptors (Lipinski definition) is 3. The summed E-state index contributed by atoms with van der Waals surface area (Å²) in [4.78, 5) is 0. The smallest absolute Gasteiger partial charge is 0.124 e. The normalized spacial score (nSPS) is 19.7. The van der Waals surface area contributed by atoms with Gasteiger partial charge in [0.25, 0.3) is 0 Å². The molecule has 118 valence electrons. The van der Waals surface area contributed by atoms with E-state index in [0.29, 0.717) is 12.1 Å². The van der Waals surface area contributed by atoms with Gasteiger partial charge < -0.3 is 14.8 Å². The standard InChI is InChI=1S/C18H29NO2/c1-5-19-16(9-8-15-7-6-10-21-15)18-14(3)11-13(2)12-17(18)20-4/h11-12,15-16,19H,5-10H2,1-4H3. The maximum Gasteiger partial charge on any atom is 0.124 e. The van der Waals surface area contributed by atoms with Crippen LogP contribution < -0.4 is 10.1 Å². The second-order valence-corrected chi connectivity index (χ2v) is 6.02. The van der Waals surface area contributed by atoms with Gasteiger partial charge in [-0.25, -0.2) is 0 Å². The largest absolute Gasteiger partial charge is 0.496 e. The SMILES string of the molecule is CCNC(CCC1CCCO1)c1c(C)cc(C)cc1OC. The number of aryl methyl sites for hydroxylation is 2. The maximum absolute atomic E-state index is 5.76. The maximum atomic E-state index is 5.76. The molecule has 0 aromatic heterocycles. The summed E-state index contributed by atoms with van der Waals surface area (Å²) in [6, 6.07) is 4.72. The lowest BCUT2D eigenvalue weighted by Crippen LogP contribution is -2.24. The highest BCUT2D eigenvalue weighted by Crippen LogP contribution is 2.33. The predicted octanol–water partition coefficient (Wildman–Crippen LogP) is 3.92. The van der Waals surface area contributed by atoms with E-state index in [9.17, 15) is 0 Å². The first kappa shape index (κ1) is 16.3. The molecular formula is C18H29NO2. The van der Waals surface area contributed by atoms with Gasteiger partial charge in [0.15, 0.2) is 0 Å². The number of rotatable bonds is 7. The summed E-state index contributed by atoms with van der Waals surface area (Å²) in [7, 11) is 1.76. The highest BCUT2D eigenvalue weighted by Gasteiger charge is 2.22. The van der Waals surface area contributed by atoms with Crippen LogP contribution in [0, 0.1) is 13.8 Å². The number of benzene rings is 1. The first-order chi connectivity index (χ1) is 10.2. The fourth-order valence-corrected chi connectivity index (χ4v) is 3.37. The van der Waals surface area contributed by atoms with Gasteiger partial charge in [0.2, 0.25) is 0 Å². The highest BCUT2D eigenvalue weighted by molar-refractivity contribution is 5.45. The van der Waals surface area contributed by atoms with Crippen molar-refractivity contribution in [1.29, 1.82) is 0 Å². The third-order valence-corrected chi connectivity index (χ3v) is 4.31. The van der Waals surface area contributed by atoms with Crippen molar-refractivity contribution in [2.45, 2.75) is 58.6 Å². The summed E-state index contributed by atoms with van der Waals surface area (Å²) in [6.07, 6.45) is 5.09. The van der Waals surface area contributed by atoms with Crippen LogP contribution in [0.5, 0.6) is 5.75 Å². The molecule has 0 amide bonds. The van der Waals surface area contributed by atoms with Gasteiger partial charge in [-0.1, -0.05) is 13.0 Å². The molecule has 3 heteroatoms. The molecule has 1 aliphatic heterocycles. The van der Waals surface area contributed by atoms with E-state index in [1.807, 2.05) is 0 Å². The van der Waals surface area contributed by atoms with Crippen LogP contribution in [-0.2, 0) is 4.74 Å². The van der Waals surface area contributed by atoms with Crippen molar-refractivity contribution in [1.82, 2.24) is 5.32 Å². The summed E-state index contributed by atoms with van der Waals surface area (Å²) >= 11 is 0. The Morgan fingerprint density at radius 1 is 1.38 bits per heavy atom. The number of ether oxygens (including phenoxy) is 2. The summed E-state index contributed by atoms with van der Waals surface area (Å²) in [5.41, 5.74) is 3.87. The lowest BCUT2D eigenvalue weighted by Gasteiger charge is -2.24. The first-order valence-corrected chi connectivity index (χ1v) is 8.15. The zero-order chi connectivity index (χ0) is 15.2. The van der Waals surface area contributed by atoms with Gasteiger partial charge in [0, 0.05) is 18.2 Å². The monoisotopic (exact) mass is 291 g/mol. The fraction of sp³-hybridized carbons (Fsp3) is 0.667. The molecule has 1 fully saturated rings. The molecule has 2 unspecified atom stereocenters. The van der Waals surface area contributed by atoms with E-state index in [2.05, 4.69) is 38.2 Å². The minimum absolute atomic E-state index is 0.342. The molecule has 1 aromatic carbocycles. The average molecular weight is 291 g/mol. The Morgan fingerprint density at radius 3 is 2.81 bits per heavy atom. The first-order valence-electron chi connectivity index (χ1n) is 8.15. The van der Waals surface area contributed by atoms with Crippen LogP contribution in [0.25, 0.3) is 0 Å². The summed E-state index contributed by atoms with van der Waals surface area (Å²) in [5.74, 6) is 1.01. The summed E-state index contributed by atoms with van der Waals surface area (Å²) in [5, 5.41) is 3.62. The second kappa shape index (κ2) is 7.81. The zero-order valence-electron chi connectivity index (χ0n) is 13.9. The fourth-order valence-electron chi connectivity index (χ4n) is 3.37. The molecule has 0 radical (unpaired) electrons. The number of hydrogen-bond donors (Lipinski definition) is 1. The third kappa shape index (κ3) is 4.21. The molecule has 1 N–H and O–H groups in total. The molecule has 1 aromatic rings. The molecule has 2 rings (SSSR count). The van der Waals surface area contributed by atoms with Gasteiger partial charge in [-0.05, 0) is 63.3 Å². The van der Waals surface area contributed by atoms with Gasteiger partial charge in [0.1, 0.15) is 5.75 Å². The van der Waals surface area contributed by atoms with Crippen LogP contribution in [-0.4, -0.2) is 26.4 Å². The van der Waals surface area contributed by atoms with Crippen LogP contribution in [0.4, 0.5) is 0 Å². The van der Waals surface area contributed by atoms with Crippen LogP contribution in [0.2, 0.25) is 0 Å². The molecular weight excluding hydrogens is 262 g/mol. The minimum Gasteiger partial charge on any atom is -0.496 e. The molecule has 1 saturated heterocycles. The van der Waals surface area contributed by atoms with Crippen molar-refractivity contribution in [3.8, 4) is 5.75 Å². The Kier molecular flexibility index (Phi) is 6.07. The van der Waals surface area contributed by atoms with Crippen molar-refractivity contribution in [2.75, 3.05) is 20.3 Å². The van der Waals surface area contributed by atoms with Gasteiger partial charge in [0.05, 0.1) is 13.2 Å². The number of nitrogens with one attached hydrogen (secondary N) is 1. The van der Waals surface area contributed by atoms with E-state index in [0.717, 1.165) is 31.7 Å². The van der Waals surface area contributed by atoms with Crippen molar-refractivity contribution < 1.29 is 9.47 Å². The molecule has 0 aliphatic carbocycles. The Morgan fingerprint density at radius 2 is 2.19 bits per heavy atom. The molecule has 0 bridgehead atoms. The lowest BCUT2D eigenvalue weighted by atomic mass is 9.93. The van der Waals surface area contributed by atoms with Gasteiger partial charge in [-0.15, -0.1) is 0 Å². The molecule has 1 aliphatic rings. The molecule has 1 heterocycles. The molecule has 21 heavy (non-hydrogen) atoms. The quantitative estimate of drug-likeness (QED) is 0.826. The van der Waals surface area contributed by atoms with E-state index in [1.54, 1.807) is 7.11 Å². The van der Waals surface area contributed by atoms with Gasteiger partial charge >= 0.3 is 0 Å². The van der Waals surface area contributed by atoms with E-state index in [4.69, 9.17) is 9.47 Å². The topological polar surface area (TPSA) is 30.5 Å². The average Bonchev–Trinajstić information content (AvgIpc) is 2.96. The van der Waals surface area contributed by atoms with Crippen LogP contribution in [0.1, 0.15) is 55.3 Å². The minimum atomic E-state index is 0.342. The Labute approximate surface area is 129 Å². The Hall–Kier alpha value is -1.06.